The molecule has 35 heavy (non-hydrogen) atoms. The molecule has 0 bridgehead atoms. The summed E-state index contributed by atoms with van der Waals surface area (Å²) in [6, 6.07) is 14.5. The van der Waals surface area contributed by atoms with Crippen LogP contribution in [0.25, 0.3) is 16.4 Å². The Balaban J connectivity index is 1.55. The molecule has 0 fully saturated rings. The molecule has 12 heteroatoms. The molecule has 0 aliphatic rings. The Morgan fingerprint density at radius 2 is 1.83 bits per heavy atom. The van der Waals surface area contributed by atoms with Gasteiger partial charge in [-0.3, -0.25) is 4.79 Å². The number of carbonyl (C=O) groups excluding carboxylic acids is 1. The van der Waals surface area contributed by atoms with Crippen molar-refractivity contribution in [2.45, 2.75) is 6.18 Å². The maximum absolute atomic E-state index is 13.3. The van der Waals surface area contributed by atoms with Gasteiger partial charge in [0.25, 0.3) is 5.91 Å². The first-order valence-electron chi connectivity index (χ1n) is 10.0. The van der Waals surface area contributed by atoms with E-state index in [1.165, 1.54) is 25.8 Å². The lowest BCUT2D eigenvalue weighted by Gasteiger charge is -2.07. The van der Waals surface area contributed by atoms with Gasteiger partial charge in [0.05, 0.1) is 26.1 Å². The quantitative estimate of drug-likeness (QED) is 0.290. The third-order valence-corrected chi connectivity index (χ3v) is 5.58. The lowest BCUT2D eigenvalue weighted by Crippen LogP contribution is -2.18. The number of ether oxygens (including phenoxy) is 2. The van der Waals surface area contributed by atoms with E-state index in [4.69, 9.17) is 9.47 Å². The van der Waals surface area contributed by atoms with Crippen LogP contribution in [0.4, 0.5) is 13.2 Å². The largest absolute Gasteiger partial charge is 0.493 e. The van der Waals surface area contributed by atoms with Gasteiger partial charge in [0.15, 0.2) is 17.2 Å². The zero-order valence-corrected chi connectivity index (χ0v) is 19.2. The summed E-state index contributed by atoms with van der Waals surface area (Å²) in [5.41, 5.74) is 2.64. The molecule has 1 amide bonds. The van der Waals surface area contributed by atoms with Gasteiger partial charge in [-0.25, -0.2) is 15.1 Å². The monoisotopic (exact) mass is 501 g/mol. The molecule has 8 nitrogen and oxygen atoms in total. The van der Waals surface area contributed by atoms with Crippen molar-refractivity contribution >= 4 is 23.5 Å². The number of thiazole rings is 1. The van der Waals surface area contributed by atoms with E-state index in [1.54, 1.807) is 48.5 Å². The van der Waals surface area contributed by atoms with E-state index < -0.39 is 17.8 Å². The van der Waals surface area contributed by atoms with E-state index in [-0.39, 0.29) is 16.5 Å². The van der Waals surface area contributed by atoms with E-state index in [2.05, 4.69) is 20.6 Å². The number of rotatable bonds is 7. The average molecular weight is 501 g/mol. The van der Waals surface area contributed by atoms with Crippen LogP contribution in [0.3, 0.4) is 0 Å². The summed E-state index contributed by atoms with van der Waals surface area (Å²) in [5.74, 6) is 0.415. The average Bonchev–Trinajstić information content (AvgIpc) is 3.52. The maximum Gasteiger partial charge on any atom is 0.435 e. The van der Waals surface area contributed by atoms with Crippen molar-refractivity contribution in [3.8, 4) is 27.9 Å². The van der Waals surface area contributed by atoms with Crippen molar-refractivity contribution in [3.05, 3.63) is 76.9 Å². The van der Waals surface area contributed by atoms with Crippen LogP contribution in [-0.4, -0.2) is 41.1 Å². The smallest absolute Gasteiger partial charge is 0.435 e. The topological polar surface area (TPSA) is 90.6 Å². The molecule has 0 saturated heterocycles. The van der Waals surface area contributed by atoms with Crippen molar-refractivity contribution in [3.63, 3.8) is 0 Å². The van der Waals surface area contributed by atoms with Crippen LogP contribution in [0.5, 0.6) is 11.5 Å². The van der Waals surface area contributed by atoms with Crippen molar-refractivity contribution in [2.24, 2.45) is 5.10 Å². The van der Waals surface area contributed by atoms with E-state index in [1.807, 2.05) is 0 Å². The normalized spacial score (nSPS) is 11.6. The summed E-state index contributed by atoms with van der Waals surface area (Å²) >= 11 is 0.982. The molecule has 0 unspecified atom stereocenters. The van der Waals surface area contributed by atoms with Gasteiger partial charge in [-0.15, -0.1) is 11.3 Å². The predicted octanol–water partition coefficient (Wildman–Crippen LogP) is 4.80. The number of methoxy groups -OCH3 is 2. The highest BCUT2D eigenvalue weighted by Crippen LogP contribution is 2.33. The Morgan fingerprint density at radius 1 is 1.09 bits per heavy atom. The molecule has 0 atom stereocenters. The molecule has 0 aliphatic heterocycles. The number of nitrogens with one attached hydrogen (secondary N) is 1. The molecule has 2 heterocycles. The highest BCUT2D eigenvalue weighted by molar-refractivity contribution is 7.12. The van der Waals surface area contributed by atoms with Gasteiger partial charge in [0, 0.05) is 10.9 Å². The first-order valence-corrected chi connectivity index (χ1v) is 10.9. The van der Waals surface area contributed by atoms with Gasteiger partial charge in [-0.05, 0) is 29.8 Å². The SMILES string of the molecule is COc1ccc(/C=N\NC(=O)c2csc(-n3nc(C(F)(F)F)cc3-c3ccccc3)n2)cc1OC. The molecule has 1 N–H and O–H groups in total. The van der Waals surface area contributed by atoms with E-state index in [0.717, 1.165) is 22.1 Å². The van der Waals surface area contributed by atoms with E-state index in [0.29, 0.717) is 22.6 Å². The van der Waals surface area contributed by atoms with Crippen LogP contribution in [0.1, 0.15) is 21.7 Å². The third-order valence-electron chi connectivity index (χ3n) is 4.76. The number of hydrazone groups is 1. The number of alkyl halides is 3. The summed E-state index contributed by atoms with van der Waals surface area (Å²) in [6.07, 6.45) is -3.23. The second-order valence-corrected chi connectivity index (χ2v) is 7.86. The number of amides is 1. The summed E-state index contributed by atoms with van der Waals surface area (Å²) < 4.78 is 51.5. The number of carbonyl (C=O) groups is 1. The number of nitrogens with zero attached hydrogens (tertiary/aromatic N) is 4. The molecule has 0 radical (unpaired) electrons. The second-order valence-electron chi connectivity index (χ2n) is 7.02. The summed E-state index contributed by atoms with van der Waals surface area (Å²) in [6.45, 7) is 0. The highest BCUT2D eigenvalue weighted by Gasteiger charge is 2.35. The first kappa shape index (κ1) is 24.0. The Bertz CT molecular complexity index is 1370. The predicted molar refractivity (Wildman–Crippen MR) is 124 cm³/mol. The lowest BCUT2D eigenvalue weighted by atomic mass is 10.1. The van der Waals surface area contributed by atoms with Crippen molar-refractivity contribution in [1.29, 1.82) is 0 Å². The molecule has 4 aromatic rings. The Hall–Kier alpha value is -4.19. The number of aromatic nitrogens is 3. The van der Waals surface area contributed by atoms with Crippen LogP contribution in [0, 0.1) is 0 Å². The van der Waals surface area contributed by atoms with E-state index >= 15 is 0 Å². The van der Waals surface area contributed by atoms with Gasteiger partial charge in [-0.1, -0.05) is 30.3 Å². The zero-order chi connectivity index (χ0) is 25.0. The summed E-state index contributed by atoms with van der Waals surface area (Å²) in [5, 5.41) is 9.12. The fraction of sp³-hybridized carbons (Fsp3) is 0.130. The van der Waals surface area contributed by atoms with Crippen LogP contribution in [0.2, 0.25) is 0 Å². The molecule has 0 aliphatic carbocycles. The summed E-state index contributed by atoms with van der Waals surface area (Å²) in [7, 11) is 3.02. The van der Waals surface area contributed by atoms with Crippen molar-refractivity contribution in [1.82, 2.24) is 20.2 Å². The molecule has 180 valence electrons. The van der Waals surface area contributed by atoms with Crippen LogP contribution in [-0.2, 0) is 6.18 Å². The molecule has 2 aromatic carbocycles. The van der Waals surface area contributed by atoms with Gasteiger partial charge < -0.3 is 9.47 Å². The van der Waals surface area contributed by atoms with Gasteiger partial charge >= 0.3 is 6.18 Å². The maximum atomic E-state index is 13.3. The standard InChI is InChI=1S/C23H18F3N5O3S/c1-33-18-9-8-14(10-19(18)34-2)12-27-29-21(32)16-13-35-22(28-16)31-17(15-6-4-3-5-7-15)11-20(30-31)23(24,25)26/h3-13H,1-2H3,(H,29,32)/b27-12-. The highest BCUT2D eigenvalue weighted by atomic mass is 32.1. The molecule has 0 saturated carbocycles. The Kier molecular flexibility index (Phi) is 6.82. The number of hydrogen-bond acceptors (Lipinski definition) is 7. The minimum absolute atomic E-state index is 0.0162. The first-order chi connectivity index (χ1) is 16.8. The van der Waals surface area contributed by atoms with Crippen LogP contribution >= 0.6 is 11.3 Å². The van der Waals surface area contributed by atoms with Crippen LogP contribution < -0.4 is 14.9 Å². The molecule has 0 spiro atoms. The number of halogens is 3. The van der Waals surface area contributed by atoms with Gasteiger partial charge in [-0.2, -0.15) is 23.4 Å². The van der Waals surface area contributed by atoms with E-state index in [9.17, 15) is 18.0 Å². The van der Waals surface area contributed by atoms with Crippen LogP contribution in [0.15, 0.2) is 65.1 Å². The molecule has 2 aromatic heterocycles. The fourth-order valence-corrected chi connectivity index (χ4v) is 3.87. The van der Waals surface area contributed by atoms with Gasteiger partial charge in [0.2, 0.25) is 5.13 Å². The minimum atomic E-state index is -4.63. The van der Waals surface area contributed by atoms with Crippen molar-refractivity contribution in [2.75, 3.05) is 14.2 Å². The number of hydrogen-bond donors (Lipinski definition) is 1. The Morgan fingerprint density at radius 3 is 2.51 bits per heavy atom. The zero-order valence-electron chi connectivity index (χ0n) is 18.4. The second kappa shape index (κ2) is 9.97. The fourth-order valence-electron chi connectivity index (χ4n) is 3.10. The minimum Gasteiger partial charge on any atom is -0.493 e. The molecular formula is C23H18F3N5O3S. The van der Waals surface area contributed by atoms with Gasteiger partial charge in [0.1, 0.15) is 5.69 Å². The molecular weight excluding hydrogens is 483 g/mol. The third kappa shape index (κ3) is 5.32. The van der Waals surface area contributed by atoms with Crippen molar-refractivity contribution < 1.29 is 27.4 Å². The number of benzene rings is 2. The molecule has 4 rings (SSSR count). The Labute approximate surface area is 201 Å². The summed E-state index contributed by atoms with van der Waals surface area (Å²) in [4.78, 5) is 16.7. The lowest BCUT2D eigenvalue weighted by molar-refractivity contribution is -0.141.